The highest BCUT2D eigenvalue weighted by Gasteiger charge is 2.26. The number of hydrogen-bond acceptors (Lipinski definition) is 5. The summed E-state index contributed by atoms with van der Waals surface area (Å²) in [6, 6.07) is 4.01. The van der Waals surface area contributed by atoms with Crippen LogP contribution in [0.1, 0.15) is 55.6 Å². The molecule has 23 heavy (non-hydrogen) atoms. The van der Waals surface area contributed by atoms with Crippen molar-refractivity contribution in [2.45, 2.75) is 57.7 Å². The number of likely N-dealkylation sites (tertiary alicyclic amines) is 1. The van der Waals surface area contributed by atoms with Gasteiger partial charge in [0.15, 0.2) is 0 Å². The number of aromatic nitrogens is 3. The highest BCUT2D eigenvalue weighted by Crippen LogP contribution is 2.27. The summed E-state index contributed by atoms with van der Waals surface area (Å²) in [7, 11) is 2.01. The number of nitrogens with zero attached hydrogens (tertiary/aromatic N) is 4. The molecule has 2 aromatic heterocycles. The van der Waals surface area contributed by atoms with Crippen LogP contribution in [0.25, 0.3) is 0 Å². The van der Waals surface area contributed by atoms with Crippen LogP contribution in [0, 0.1) is 6.92 Å². The maximum absolute atomic E-state index is 10.4. The molecule has 2 aromatic rings. The predicted octanol–water partition coefficient (Wildman–Crippen LogP) is 2.58. The number of aliphatic hydroxyl groups excluding tert-OH is 1. The highest BCUT2D eigenvalue weighted by atomic mass is 16.4. The number of rotatable bonds is 5. The minimum absolute atomic E-state index is 0.342. The molecule has 0 aromatic carbocycles. The second kappa shape index (κ2) is 7.27. The Morgan fingerprint density at radius 3 is 2.91 bits per heavy atom. The molecule has 6 nitrogen and oxygen atoms in total. The number of furan rings is 1. The Hall–Kier alpha value is -1.66. The van der Waals surface area contributed by atoms with Gasteiger partial charge in [-0.3, -0.25) is 4.90 Å². The summed E-state index contributed by atoms with van der Waals surface area (Å²) in [5.41, 5.74) is 0. The monoisotopic (exact) mass is 318 g/mol. The molecular weight excluding hydrogens is 292 g/mol. The quantitative estimate of drug-likeness (QED) is 0.918. The van der Waals surface area contributed by atoms with Crippen LogP contribution in [0.15, 0.2) is 22.8 Å². The lowest BCUT2D eigenvalue weighted by molar-refractivity contribution is 0.0814. The first-order valence-corrected chi connectivity index (χ1v) is 8.45. The van der Waals surface area contributed by atoms with Gasteiger partial charge in [0.05, 0.1) is 12.8 Å². The maximum atomic E-state index is 10.4. The largest absolute Gasteiger partial charge is 0.467 e. The van der Waals surface area contributed by atoms with E-state index >= 15 is 0 Å². The zero-order chi connectivity index (χ0) is 16.2. The van der Waals surface area contributed by atoms with Gasteiger partial charge in [0.25, 0.3) is 0 Å². The first-order chi connectivity index (χ1) is 11.1. The predicted molar refractivity (Wildman–Crippen MR) is 86.7 cm³/mol. The lowest BCUT2D eigenvalue weighted by Gasteiger charge is -2.30. The van der Waals surface area contributed by atoms with E-state index in [2.05, 4.69) is 15.1 Å². The average Bonchev–Trinajstić information content (AvgIpc) is 3.12. The van der Waals surface area contributed by atoms with Crippen molar-refractivity contribution < 1.29 is 9.52 Å². The standard InChI is InChI=1S/C17H26N4O2/c1-13-18-19-17(20(13)2)12-21-9-5-3-4-7-14(21)11-15(22)16-8-6-10-23-16/h6,8,10,14-15,22H,3-5,7,9,11-12H2,1-2H3/t14-,15-/m0/s1. The smallest absolute Gasteiger partial charge is 0.146 e. The molecule has 3 heterocycles. The molecule has 0 spiro atoms. The van der Waals surface area contributed by atoms with Crippen LogP contribution in [0.2, 0.25) is 0 Å². The topological polar surface area (TPSA) is 67.3 Å². The summed E-state index contributed by atoms with van der Waals surface area (Å²) in [6.07, 6.45) is 6.54. The fraction of sp³-hybridized carbons (Fsp3) is 0.647. The third kappa shape index (κ3) is 3.82. The fourth-order valence-electron chi connectivity index (χ4n) is 3.34. The Morgan fingerprint density at radius 2 is 2.22 bits per heavy atom. The van der Waals surface area contributed by atoms with Crippen molar-refractivity contribution in [3.05, 3.63) is 35.8 Å². The van der Waals surface area contributed by atoms with Crippen molar-refractivity contribution in [2.24, 2.45) is 7.05 Å². The molecular formula is C17H26N4O2. The van der Waals surface area contributed by atoms with Gasteiger partial charge in [0, 0.05) is 13.1 Å². The summed E-state index contributed by atoms with van der Waals surface area (Å²) in [5.74, 6) is 2.58. The molecule has 0 amide bonds. The SMILES string of the molecule is Cc1nnc(CN2CCCCC[C@H]2C[C@H](O)c2ccco2)n1C. The van der Waals surface area contributed by atoms with E-state index in [4.69, 9.17) is 4.42 Å². The Labute approximate surface area is 137 Å². The fourth-order valence-corrected chi connectivity index (χ4v) is 3.34. The molecule has 0 unspecified atom stereocenters. The number of aryl methyl sites for hydroxylation is 1. The molecule has 0 saturated carbocycles. The van der Waals surface area contributed by atoms with Crippen LogP contribution in [0.5, 0.6) is 0 Å². The summed E-state index contributed by atoms with van der Waals surface area (Å²) in [4.78, 5) is 2.45. The highest BCUT2D eigenvalue weighted by molar-refractivity contribution is 5.03. The maximum Gasteiger partial charge on any atom is 0.146 e. The van der Waals surface area contributed by atoms with E-state index in [-0.39, 0.29) is 0 Å². The van der Waals surface area contributed by atoms with Crippen LogP contribution in [0.3, 0.4) is 0 Å². The molecule has 3 rings (SSSR count). The molecule has 1 aliphatic heterocycles. The third-order valence-corrected chi connectivity index (χ3v) is 4.89. The van der Waals surface area contributed by atoms with Gasteiger partial charge in [-0.25, -0.2) is 0 Å². The third-order valence-electron chi connectivity index (χ3n) is 4.89. The lowest BCUT2D eigenvalue weighted by Crippen LogP contribution is -2.36. The van der Waals surface area contributed by atoms with Crippen molar-refractivity contribution in [2.75, 3.05) is 6.54 Å². The van der Waals surface area contributed by atoms with E-state index in [1.54, 1.807) is 6.26 Å². The van der Waals surface area contributed by atoms with Crippen LogP contribution in [-0.2, 0) is 13.6 Å². The molecule has 126 valence electrons. The first-order valence-electron chi connectivity index (χ1n) is 8.45. The molecule has 0 bridgehead atoms. The van der Waals surface area contributed by atoms with Crippen molar-refractivity contribution in [3.63, 3.8) is 0 Å². The Bertz CT molecular complexity index is 608. The Kier molecular flexibility index (Phi) is 5.13. The van der Waals surface area contributed by atoms with E-state index in [0.29, 0.717) is 18.2 Å². The van der Waals surface area contributed by atoms with E-state index in [0.717, 1.165) is 31.2 Å². The van der Waals surface area contributed by atoms with Gasteiger partial charge in [-0.05, 0) is 44.9 Å². The van der Waals surface area contributed by atoms with Gasteiger partial charge in [-0.15, -0.1) is 10.2 Å². The van der Waals surface area contributed by atoms with E-state index in [1.165, 1.54) is 19.3 Å². The van der Waals surface area contributed by atoms with E-state index < -0.39 is 6.10 Å². The second-order valence-electron chi connectivity index (χ2n) is 6.46. The van der Waals surface area contributed by atoms with Crippen molar-refractivity contribution in [1.29, 1.82) is 0 Å². The van der Waals surface area contributed by atoms with Crippen molar-refractivity contribution in [3.8, 4) is 0 Å². The van der Waals surface area contributed by atoms with Gasteiger partial charge in [-0.1, -0.05) is 12.8 Å². The molecule has 0 aliphatic carbocycles. The minimum Gasteiger partial charge on any atom is -0.467 e. The van der Waals surface area contributed by atoms with Gasteiger partial charge >= 0.3 is 0 Å². The zero-order valence-electron chi connectivity index (χ0n) is 14.0. The van der Waals surface area contributed by atoms with Gasteiger partial charge in [0.1, 0.15) is 23.5 Å². The first kappa shape index (κ1) is 16.2. The van der Waals surface area contributed by atoms with E-state index in [9.17, 15) is 5.11 Å². The summed E-state index contributed by atoms with van der Waals surface area (Å²) in [5, 5.41) is 18.9. The lowest BCUT2D eigenvalue weighted by atomic mass is 10.0. The normalized spacial score (nSPS) is 21.3. The average molecular weight is 318 g/mol. The molecule has 6 heteroatoms. The van der Waals surface area contributed by atoms with E-state index in [1.807, 2.05) is 30.7 Å². The van der Waals surface area contributed by atoms with Gasteiger partial charge < -0.3 is 14.1 Å². The Morgan fingerprint density at radius 1 is 1.35 bits per heavy atom. The molecule has 1 fully saturated rings. The molecule has 1 saturated heterocycles. The molecule has 1 aliphatic rings. The zero-order valence-corrected chi connectivity index (χ0v) is 14.0. The molecule has 1 N–H and O–H groups in total. The van der Waals surface area contributed by atoms with Crippen LogP contribution in [0.4, 0.5) is 0 Å². The summed E-state index contributed by atoms with van der Waals surface area (Å²) >= 11 is 0. The van der Waals surface area contributed by atoms with Crippen molar-refractivity contribution >= 4 is 0 Å². The summed E-state index contributed by atoms with van der Waals surface area (Å²) < 4.78 is 7.40. The minimum atomic E-state index is -0.545. The summed E-state index contributed by atoms with van der Waals surface area (Å²) in [6.45, 7) is 3.80. The van der Waals surface area contributed by atoms with Crippen LogP contribution < -0.4 is 0 Å². The second-order valence-corrected chi connectivity index (χ2v) is 6.46. The number of hydrogen-bond donors (Lipinski definition) is 1. The molecule has 0 radical (unpaired) electrons. The van der Waals surface area contributed by atoms with Crippen LogP contribution >= 0.6 is 0 Å². The van der Waals surface area contributed by atoms with Gasteiger partial charge in [0.2, 0.25) is 0 Å². The van der Waals surface area contributed by atoms with Gasteiger partial charge in [-0.2, -0.15) is 0 Å². The number of aliphatic hydroxyl groups is 1. The van der Waals surface area contributed by atoms with Crippen LogP contribution in [-0.4, -0.2) is 37.4 Å². The van der Waals surface area contributed by atoms with Crippen molar-refractivity contribution in [1.82, 2.24) is 19.7 Å². The Balaban J connectivity index is 1.71. The molecule has 2 atom stereocenters.